The number of likely N-dealkylation sites (tertiary alicyclic amines) is 1. The molecule has 5 nitrogen and oxygen atoms in total. The number of nitrogens with one attached hydrogen (secondary N) is 1. The smallest absolute Gasteiger partial charge is 0.167 e. The highest BCUT2D eigenvalue weighted by Crippen LogP contribution is 2.30. The summed E-state index contributed by atoms with van der Waals surface area (Å²) in [5.41, 5.74) is 2.41. The van der Waals surface area contributed by atoms with Crippen molar-refractivity contribution in [2.45, 2.75) is 45.7 Å². The van der Waals surface area contributed by atoms with Gasteiger partial charge in [-0.05, 0) is 44.9 Å². The van der Waals surface area contributed by atoms with Gasteiger partial charge in [0.2, 0.25) is 0 Å². The van der Waals surface area contributed by atoms with Crippen LogP contribution in [0.4, 0.5) is 0 Å². The van der Waals surface area contributed by atoms with Crippen molar-refractivity contribution in [3.05, 3.63) is 41.2 Å². The molecule has 0 bridgehead atoms. The Morgan fingerprint density at radius 3 is 3.00 bits per heavy atom. The number of piperidine rings is 1. The molecule has 1 aliphatic rings. The van der Waals surface area contributed by atoms with Crippen molar-refractivity contribution in [1.29, 1.82) is 0 Å². The molecule has 1 atom stereocenters. The monoisotopic (exact) mass is 271 g/mol. The predicted octanol–water partition coefficient (Wildman–Crippen LogP) is 2.54. The van der Waals surface area contributed by atoms with Crippen LogP contribution in [0.5, 0.6) is 0 Å². The van der Waals surface area contributed by atoms with Gasteiger partial charge in [-0.1, -0.05) is 12.5 Å². The van der Waals surface area contributed by atoms with Gasteiger partial charge in [0.25, 0.3) is 0 Å². The Bertz CT molecular complexity index is 577. The van der Waals surface area contributed by atoms with Crippen molar-refractivity contribution in [3.63, 3.8) is 0 Å². The molecule has 20 heavy (non-hydrogen) atoms. The van der Waals surface area contributed by atoms with Gasteiger partial charge in [0.1, 0.15) is 5.82 Å². The van der Waals surface area contributed by atoms with E-state index in [1.54, 1.807) is 0 Å². The molecule has 3 heterocycles. The maximum Gasteiger partial charge on any atom is 0.167 e. The van der Waals surface area contributed by atoms with E-state index in [1.807, 2.05) is 19.2 Å². The van der Waals surface area contributed by atoms with E-state index < -0.39 is 0 Å². The lowest BCUT2D eigenvalue weighted by Gasteiger charge is -2.33. The van der Waals surface area contributed by atoms with Gasteiger partial charge in [-0.25, -0.2) is 4.98 Å². The first-order valence-corrected chi connectivity index (χ1v) is 7.27. The molecule has 2 aromatic heterocycles. The minimum atomic E-state index is 0.315. The summed E-state index contributed by atoms with van der Waals surface area (Å²) in [6.07, 6.45) is 5.49. The summed E-state index contributed by atoms with van der Waals surface area (Å²) < 4.78 is 0. The quantitative estimate of drug-likeness (QED) is 0.932. The summed E-state index contributed by atoms with van der Waals surface area (Å²) in [7, 11) is 0. The van der Waals surface area contributed by atoms with Crippen molar-refractivity contribution in [1.82, 2.24) is 25.1 Å². The van der Waals surface area contributed by atoms with Crippen LogP contribution in [0.25, 0.3) is 0 Å². The number of aromatic nitrogens is 4. The molecule has 0 spiro atoms. The van der Waals surface area contributed by atoms with Crippen LogP contribution in [0.15, 0.2) is 18.3 Å². The first-order chi connectivity index (χ1) is 9.74. The Labute approximate surface area is 119 Å². The SMILES string of the molecule is Cc1nc([C@@H]2CCCCN2Cc2ncccc2C)n[nH]1. The first kappa shape index (κ1) is 13.2. The number of pyridine rings is 1. The number of hydrogen-bond donors (Lipinski definition) is 1. The third-order valence-electron chi connectivity index (χ3n) is 4.00. The van der Waals surface area contributed by atoms with Crippen LogP contribution in [-0.2, 0) is 6.54 Å². The van der Waals surface area contributed by atoms with Gasteiger partial charge < -0.3 is 0 Å². The zero-order valence-corrected chi connectivity index (χ0v) is 12.1. The van der Waals surface area contributed by atoms with E-state index in [2.05, 4.69) is 38.1 Å². The molecule has 0 unspecified atom stereocenters. The molecule has 2 aromatic rings. The fourth-order valence-electron chi connectivity index (χ4n) is 2.86. The Hall–Kier alpha value is -1.75. The maximum atomic E-state index is 4.52. The van der Waals surface area contributed by atoms with Gasteiger partial charge in [0.15, 0.2) is 5.82 Å². The van der Waals surface area contributed by atoms with E-state index in [4.69, 9.17) is 0 Å². The van der Waals surface area contributed by atoms with Gasteiger partial charge in [-0.2, -0.15) is 5.10 Å². The molecular formula is C15H21N5. The zero-order chi connectivity index (χ0) is 13.9. The fraction of sp³-hybridized carbons (Fsp3) is 0.533. The van der Waals surface area contributed by atoms with Gasteiger partial charge in [0.05, 0.1) is 11.7 Å². The summed E-state index contributed by atoms with van der Waals surface area (Å²) in [4.78, 5) is 11.5. The molecule has 1 fully saturated rings. The molecule has 0 aliphatic carbocycles. The fourth-order valence-corrected chi connectivity index (χ4v) is 2.86. The Morgan fingerprint density at radius 2 is 2.25 bits per heavy atom. The number of rotatable bonds is 3. The third-order valence-corrected chi connectivity index (χ3v) is 4.00. The molecule has 0 radical (unpaired) electrons. The highest BCUT2D eigenvalue weighted by molar-refractivity contribution is 5.18. The van der Waals surface area contributed by atoms with Crippen molar-refractivity contribution >= 4 is 0 Å². The molecule has 0 saturated carbocycles. The second-order valence-corrected chi connectivity index (χ2v) is 5.53. The van der Waals surface area contributed by atoms with Crippen LogP contribution in [0.2, 0.25) is 0 Å². The largest absolute Gasteiger partial charge is 0.287 e. The summed E-state index contributed by atoms with van der Waals surface area (Å²) in [6, 6.07) is 4.43. The summed E-state index contributed by atoms with van der Waals surface area (Å²) in [6.45, 7) is 6.05. The molecular weight excluding hydrogens is 250 g/mol. The van der Waals surface area contributed by atoms with Crippen molar-refractivity contribution < 1.29 is 0 Å². The van der Waals surface area contributed by atoms with Crippen LogP contribution >= 0.6 is 0 Å². The molecule has 3 rings (SSSR count). The van der Waals surface area contributed by atoms with Gasteiger partial charge in [-0.3, -0.25) is 15.0 Å². The Kier molecular flexibility index (Phi) is 3.78. The number of hydrogen-bond acceptors (Lipinski definition) is 4. The normalized spacial score (nSPS) is 20.2. The Balaban J connectivity index is 1.81. The lowest BCUT2D eigenvalue weighted by molar-refractivity contribution is 0.132. The van der Waals surface area contributed by atoms with E-state index >= 15 is 0 Å². The van der Waals surface area contributed by atoms with Crippen LogP contribution in [0, 0.1) is 13.8 Å². The molecule has 106 valence electrons. The summed E-state index contributed by atoms with van der Waals surface area (Å²) in [5, 5.41) is 7.31. The van der Waals surface area contributed by atoms with Crippen LogP contribution in [0.1, 0.15) is 48.2 Å². The summed E-state index contributed by atoms with van der Waals surface area (Å²) >= 11 is 0. The van der Waals surface area contributed by atoms with Crippen molar-refractivity contribution in [2.24, 2.45) is 0 Å². The topological polar surface area (TPSA) is 57.7 Å². The van der Waals surface area contributed by atoms with E-state index in [0.717, 1.165) is 36.9 Å². The number of aryl methyl sites for hydroxylation is 2. The van der Waals surface area contributed by atoms with Gasteiger partial charge in [0, 0.05) is 12.7 Å². The molecule has 0 amide bonds. The minimum Gasteiger partial charge on any atom is -0.287 e. The minimum absolute atomic E-state index is 0.315. The average molecular weight is 271 g/mol. The molecule has 1 N–H and O–H groups in total. The standard InChI is InChI=1S/C15H21N5/c1-11-6-5-8-16-13(11)10-20-9-4-3-7-14(20)15-17-12(2)18-19-15/h5-6,8,14H,3-4,7,9-10H2,1-2H3,(H,17,18,19)/t14-/m0/s1. The van der Waals surface area contributed by atoms with E-state index in [-0.39, 0.29) is 0 Å². The third kappa shape index (κ3) is 2.72. The second kappa shape index (κ2) is 5.71. The van der Waals surface area contributed by atoms with E-state index in [9.17, 15) is 0 Å². The molecule has 1 saturated heterocycles. The predicted molar refractivity (Wildman–Crippen MR) is 77.1 cm³/mol. The second-order valence-electron chi connectivity index (χ2n) is 5.53. The van der Waals surface area contributed by atoms with Crippen molar-refractivity contribution in [2.75, 3.05) is 6.54 Å². The number of nitrogens with zero attached hydrogens (tertiary/aromatic N) is 4. The number of H-pyrrole nitrogens is 1. The van der Waals surface area contributed by atoms with Crippen molar-refractivity contribution in [3.8, 4) is 0 Å². The van der Waals surface area contributed by atoms with E-state index in [1.165, 1.54) is 18.4 Å². The van der Waals surface area contributed by atoms with Gasteiger partial charge >= 0.3 is 0 Å². The molecule has 1 aliphatic heterocycles. The zero-order valence-electron chi connectivity index (χ0n) is 12.1. The van der Waals surface area contributed by atoms with Crippen LogP contribution in [0.3, 0.4) is 0 Å². The van der Waals surface area contributed by atoms with E-state index in [0.29, 0.717) is 6.04 Å². The molecule has 0 aromatic carbocycles. The number of aromatic amines is 1. The van der Waals surface area contributed by atoms with Crippen LogP contribution < -0.4 is 0 Å². The first-order valence-electron chi connectivity index (χ1n) is 7.27. The lowest BCUT2D eigenvalue weighted by Crippen LogP contribution is -2.34. The lowest BCUT2D eigenvalue weighted by atomic mass is 10.0. The molecule has 5 heteroatoms. The highest BCUT2D eigenvalue weighted by Gasteiger charge is 2.27. The summed E-state index contributed by atoms with van der Waals surface area (Å²) in [5.74, 6) is 1.82. The Morgan fingerprint density at radius 1 is 1.35 bits per heavy atom. The average Bonchev–Trinajstić information content (AvgIpc) is 2.88. The van der Waals surface area contributed by atoms with Gasteiger partial charge in [-0.15, -0.1) is 0 Å². The maximum absolute atomic E-state index is 4.52. The highest BCUT2D eigenvalue weighted by atomic mass is 15.3. The van der Waals surface area contributed by atoms with Crippen LogP contribution in [-0.4, -0.2) is 31.6 Å².